The van der Waals surface area contributed by atoms with Crippen LogP contribution in [0.5, 0.6) is 0 Å². The van der Waals surface area contributed by atoms with Gasteiger partial charge in [-0.2, -0.15) is 0 Å². The highest BCUT2D eigenvalue weighted by Crippen LogP contribution is 2.24. The van der Waals surface area contributed by atoms with Crippen LogP contribution in [-0.2, 0) is 9.59 Å². The van der Waals surface area contributed by atoms with Gasteiger partial charge in [-0.1, -0.05) is 20.8 Å². The Kier molecular flexibility index (Phi) is 4.33. The Morgan fingerprint density at radius 1 is 1.62 bits per heavy atom. The first-order chi connectivity index (χ1) is 7.45. The number of hydrogen-bond donors (Lipinski definition) is 1. The molecule has 1 rings (SSSR count). The molecule has 4 heteroatoms. The maximum absolute atomic E-state index is 11.5. The van der Waals surface area contributed by atoms with Crippen molar-refractivity contribution in [1.29, 1.82) is 0 Å². The summed E-state index contributed by atoms with van der Waals surface area (Å²) in [4.78, 5) is 24.7. The van der Waals surface area contributed by atoms with Crippen molar-refractivity contribution in [2.24, 2.45) is 11.8 Å². The van der Waals surface area contributed by atoms with Crippen molar-refractivity contribution in [2.45, 2.75) is 39.7 Å². The molecule has 0 unspecified atom stereocenters. The van der Waals surface area contributed by atoms with Gasteiger partial charge >= 0.3 is 0 Å². The van der Waals surface area contributed by atoms with E-state index >= 15 is 0 Å². The Balaban J connectivity index is 0.00000256. The van der Waals surface area contributed by atoms with Gasteiger partial charge in [0.25, 0.3) is 0 Å². The minimum absolute atomic E-state index is 0. The van der Waals surface area contributed by atoms with Crippen molar-refractivity contribution in [3.8, 4) is 0 Å². The van der Waals surface area contributed by atoms with Crippen LogP contribution in [0.25, 0.3) is 0 Å². The molecule has 0 aromatic heterocycles. The van der Waals surface area contributed by atoms with Crippen molar-refractivity contribution >= 4 is 11.8 Å². The molecule has 1 saturated heterocycles. The summed E-state index contributed by atoms with van der Waals surface area (Å²) >= 11 is 0. The molecule has 1 aliphatic heterocycles. The second-order valence-electron chi connectivity index (χ2n) is 4.93. The number of amides is 2. The van der Waals surface area contributed by atoms with Gasteiger partial charge in [0.2, 0.25) is 11.8 Å². The Hall–Kier alpha value is -1.06. The summed E-state index contributed by atoms with van der Waals surface area (Å²) in [5, 5.41) is 3.03. The zero-order chi connectivity index (χ0) is 12.3. The van der Waals surface area contributed by atoms with Gasteiger partial charge < -0.3 is 10.2 Å². The van der Waals surface area contributed by atoms with E-state index in [1.807, 2.05) is 14.0 Å². The molecule has 1 aliphatic rings. The smallest absolute Gasteiger partial charge is 0.222 e. The van der Waals surface area contributed by atoms with E-state index in [0.717, 1.165) is 6.54 Å². The Morgan fingerprint density at radius 2 is 2.25 bits per heavy atom. The lowest BCUT2D eigenvalue weighted by atomic mass is 9.89. The maximum Gasteiger partial charge on any atom is 0.222 e. The van der Waals surface area contributed by atoms with E-state index in [9.17, 15) is 9.59 Å². The first-order valence-corrected chi connectivity index (χ1v) is 5.99. The van der Waals surface area contributed by atoms with Gasteiger partial charge in [-0.05, 0) is 5.92 Å². The van der Waals surface area contributed by atoms with Crippen LogP contribution in [0.1, 0.15) is 35.0 Å². The number of likely N-dealkylation sites (tertiary alicyclic amines) is 1. The predicted octanol–water partition coefficient (Wildman–Crippen LogP) is 1.26. The molecule has 1 N–H and O–H groups in total. The van der Waals surface area contributed by atoms with Crippen molar-refractivity contribution in [3.05, 3.63) is 0 Å². The molecule has 1 heterocycles. The van der Waals surface area contributed by atoms with Crippen molar-refractivity contribution in [3.63, 3.8) is 0 Å². The molecule has 94 valence electrons. The zero-order valence-corrected chi connectivity index (χ0v) is 10.6. The molecule has 0 aliphatic carbocycles. The first-order valence-electron chi connectivity index (χ1n) is 5.99. The van der Waals surface area contributed by atoms with Crippen LogP contribution >= 0.6 is 0 Å². The second-order valence-corrected chi connectivity index (χ2v) is 4.93. The van der Waals surface area contributed by atoms with E-state index in [2.05, 4.69) is 19.2 Å². The van der Waals surface area contributed by atoms with Gasteiger partial charge in [-0.3, -0.25) is 9.59 Å². The molecule has 0 aromatic carbocycles. The standard InChI is InChI=1S/C12H22N2O2.H2/c1-5-10(15)13-12(8(2)3)9-6-11(16)14(4)7-9;/h8-9,12H,5-7H2,1-4H3,(H,13,15);1H/t9-,12+;/m1./s1. The number of carbonyl (C=O) groups is 2. The predicted molar refractivity (Wildman–Crippen MR) is 64.9 cm³/mol. The van der Waals surface area contributed by atoms with Gasteiger partial charge in [0, 0.05) is 39.8 Å². The Bertz CT molecular complexity index is 282. The van der Waals surface area contributed by atoms with Crippen molar-refractivity contribution in [1.82, 2.24) is 10.2 Å². The average Bonchev–Trinajstić information content (AvgIpc) is 2.54. The van der Waals surface area contributed by atoms with Crippen LogP contribution in [0.2, 0.25) is 0 Å². The van der Waals surface area contributed by atoms with E-state index in [1.165, 1.54) is 0 Å². The molecular formula is C12H24N2O2. The average molecular weight is 228 g/mol. The monoisotopic (exact) mass is 228 g/mol. The van der Waals surface area contributed by atoms with E-state index in [1.54, 1.807) is 4.90 Å². The lowest BCUT2D eigenvalue weighted by molar-refractivity contribution is -0.127. The molecule has 0 saturated carbocycles. The minimum atomic E-state index is 0. The topological polar surface area (TPSA) is 49.4 Å². The fourth-order valence-electron chi connectivity index (χ4n) is 2.26. The number of hydrogen-bond acceptors (Lipinski definition) is 2. The van der Waals surface area contributed by atoms with Crippen molar-refractivity contribution < 1.29 is 11.0 Å². The summed E-state index contributed by atoms with van der Waals surface area (Å²) in [5.41, 5.74) is 0. The van der Waals surface area contributed by atoms with Crippen LogP contribution in [0, 0.1) is 11.8 Å². The summed E-state index contributed by atoms with van der Waals surface area (Å²) < 4.78 is 0. The third-order valence-electron chi connectivity index (χ3n) is 3.25. The molecule has 1 fully saturated rings. The van der Waals surface area contributed by atoms with E-state index < -0.39 is 0 Å². The van der Waals surface area contributed by atoms with E-state index in [0.29, 0.717) is 18.8 Å². The summed E-state index contributed by atoms with van der Waals surface area (Å²) in [7, 11) is 1.82. The Labute approximate surface area is 98.9 Å². The third kappa shape index (κ3) is 2.97. The number of rotatable bonds is 4. The highest BCUT2D eigenvalue weighted by molar-refractivity contribution is 5.79. The lowest BCUT2D eigenvalue weighted by Crippen LogP contribution is -2.44. The summed E-state index contributed by atoms with van der Waals surface area (Å²) in [6.07, 6.45) is 1.06. The highest BCUT2D eigenvalue weighted by atomic mass is 16.2. The van der Waals surface area contributed by atoms with Crippen LogP contribution in [-0.4, -0.2) is 36.3 Å². The minimum Gasteiger partial charge on any atom is -0.353 e. The lowest BCUT2D eigenvalue weighted by Gasteiger charge is -2.27. The van der Waals surface area contributed by atoms with E-state index in [-0.39, 0.29) is 25.2 Å². The molecule has 2 amide bonds. The molecular weight excluding hydrogens is 204 g/mol. The molecule has 0 spiro atoms. The quantitative estimate of drug-likeness (QED) is 0.787. The first kappa shape index (κ1) is 13.0. The van der Waals surface area contributed by atoms with Crippen LogP contribution in [0.4, 0.5) is 0 Å². The van der Waals surface area contributed by atoms with Gasteiger partial charge in [0.05, 0.1) is 0 Å². The molecule has 4 nitrogen and oxygen atoms in total. The largest absolute Gasteiger partial charge is 0.353 e. The van der Waals surface area contributed by atoms with Crippen LogP contribution in [0.15, 0.2) is 0 Å². The fourth-order valence-corrected chi connectivity index (χ4v) is 2.26. The van der Waals surface area contributed by atoms with Gasteiger partial charge in [0.1, 0.15) is 0 Å². The summed E-state index contributed by atoms with van der Waals surface area (Å²) in [6, 6.07) is 0.112. The summed E-state index contributed by atoms with van der Waals surface area (Å²) in [5.74, 6) is 0.870. The van der Waals surface area contributed by atoms with Gasteiger partial charge in [-0.15, -0.1) is 0 Å². The highest BCUT2D eigenvalue weighted by Gasteiger charge is 2.34. The number of nitrogens with zero attached hydrogens (tertiary/aromatic N) is 1. The molecule has 0 aromatic rings. The third-order valence-corrected chi connectivity index (χ3v) is 3.25. The normalized spacial score (nSPS) is 22.7. The van der Waals surface area contributed by atoms with Gasteiger partial charge in [-0.25, -0.2) is 0 Å². The number of nitrogens with one attached hydrogen (secondary N) is 1. The van der Waals surface area contributed by atoms with Crippen LogP contribution < -0.4 is 5.32 Å². The maximum atomic E-state index is 11.5. The molecule has 0 bridgehead atoms. The van der Waals surface area contributed by atoms with Crippen molar-refractivity contribution in [2.75, 3.05) is 13.6 Å². The molecule has 2 atom stereocenters. The zero-order valence-electron chi connectivity index (χ0n) is 10.6. The van der Waals surface area contributed by atoms with Gasteiger partial charge in [0.15, 0.2) is 0 Å². The fraction of sp³-hybridized carbons (Fsp3) is 0.833. The Morgan fingerprint density at radius 3 is 2.62 bits per heavy atom. The summed E-state index contributed by atoms with van der Waals surface area (Å²) in [6.45, 7) is 6.77. The second kappa shape index (κ2) is 5.32. The van der Waals surface area contributed by atoms with Crippen LogP contribution in [0.3, 0.4) is 0 Å². The molecule has 16 heavy (non-hydrogen) atoms. The molecule has 0 radical (unpaired) electrons. The SMILES string of the molecule is CCC(=O)N[C@@H](C(C)C)[C@@H]1CC(=O)N(C)C1.[HH]. The number of carbonyl (C=O) groups excluding carboxylic acids is 2. The van der Waals surface area contributed by atoms with E-state index in [4.69, 9.17) is 0 Å².